The Labute approximate surface area is 115 Å². The Kier molecular flexibility index (Phi) is 4.80. The second kappa shape index (κ2) is 6.37. The summed E-state index contributed by atoms with van der Waals surface area (Å²) in [5, 5.41) is 22.0. The minimum atomic E-state index is -1.05. The van der Waals surface area contributed by atoms with E-state index in [1.54, 1.807) is 6.92 Å². The van der Waals surface area contributed by atoms with Crippen molar-refractivity contribution >= 4 is 5.69 Å². The number of nitrogens with zero attached hydrogens (tertiary/aromatic N) is 1. The molecule has 0 spiro atoms. The van der Waals surface area contributed by atoms with Crippen LogP contribution in [0.5, 0.6) is 0 Å². The van der Waals surface area contributed by atoms with Crippen LogP contribution in [0.4, 0.5) is 5.69 Å². The predicted octanol–water partition coefficient (Wildman–Crippen LogP) is 1.12. The molecule has 1 aromatic rings. The van der Waals surface area contributed by atoms with Crippen molar-refractivity contribution in [1.29, 1.82) is 0 Å². The molecule has 1 saturated heterocycles. The second-order valence-corrected chi connectivity index (χ2v) is 5.58. The first-order valence-electron chi connectivity index (χ1n) is 6.99. The van der Waals surface area contributed by atoms with E-state index in [1.807, 2.05) is 6.07 Å². The molecule has 0 radical (unpaired) electrons. The zero-order valence-corrected chi connectivity index (χ0v) is 11.6. The fraction of sp³-hybridized carbons (Fsp3) is 0.600. The molecule has 3 N–H and O–H groups in total. The van der Waals surface area contributed by atoms with Crippen molar-refractivity contribution in [2.24, 2.45) is 0 Å². The van der Waals surface area contributed by atoms with Gasteiger partial charge >= 0.3 is 0 Å². The van der Waals surface area contributed by atoms with Gasteiger partial charge < -0.3 is 20.4 Å². The number of aliphatic hydroxyl groups excluding tert-OH is 1. The summed E-state index contributed by atoms with van der Waals surface area (Å²) in [6, 6.07) is 8.39. The standard InChI is InChI=1S/C15H24N2O2/c1-15(19,12-18)11-16-10-13-6-2-3-7-14(13)17-8-4-5-9-17/h2-3,6-7,16,18-19H,4-5,8-12H2,1H3. The number of anilines is 1. The zero-order chi connectivity index (χ0) is 13.7. The maximum absolute atomic E-state index is 9.76. The average molecular weight is 264 g/mol. The molecule has 1 aliphatic heterocycles. The monoisotopic (exact) mass is 264 g/mol. The van der Waals surface area contributed by atoms with Gasteiger partial charge in [-0.3, -0.25) is 0 Å². The van der Waals surface area contributed by atoms with Gasteiger partial charge in [-0.05, 0) is 31.4 Å². The summed E-state index contributed by atoms with van der Waals surface area (Å²) in [7, 11) is 0. The minimum Gasteiger partial charge on any atom is -0.393 e. The molecular weight excluding hydrogens is 240 g/mol. The van der Waals surface area contributed by atoms with Crippen LogP contribution in [-0.4, -0.2) is 42.1 Å². The molecule has 4 nitrogen and oxygen atoms in total. The summed E-state index contributed by atoms with van der Waals surface area (Å²) in [5.41, 5.74) is 1.48. The number of benzene rings is 1. The quantitative estimate of drug-likeness (QED) is 0.721. The van der Waals surface area contributed by atoms with Gasteiger partial charge in [0, 0.05) is 31.9 Å². The lowest BCUT2D eigenvalue weighted by Crippen LogP contribution is -2.40. The van der Waals surface area contributed by atoms with Crippen molar-refractivity contribution in [3.63, 3.8) is 0 Å². The van der Waals surface area contributed by atoms with Gasteiger partial charge in [-0.25, -0.2) is 0 Å². The first-order valence-corrected chi connectivity index (χ1v) is 6.99. The van der Waals surface area contributed by atoms with Crippen molar-refractivity contribution < 1.29 is 10.2 Å². The van der Waals surface area contributed by atoms with Crippen molar-refractivity contribution in [3.05, 3.63) is 29.8 Å². The molecular formula is C15H24N2O2. The smallest absolute Gasteiger partial charge is 0.0972 e. The van der Waals surface area contributed by atoms with Crippen LogP contribution in [0.3, 0.4) is 0 Å². The highest BCUT2D eigenvalue weighted by molar-refractivity contribution is 5.54. The molecule has 1 aliphatic rings. The van der Waals surface area contributed by atoms with Crippen molar-refractivity contribution in [1.82, 2.24) is 5.32 Å². The van der Waals surface area contributed by atoms with Crippen LogP contribution in [0.25, 0.3) is 0 Å². The third-order valence-electron chi connectivity index (χ3n) is 3.60. The maximum atomic E-state index is 9.76. The van der Waals surface area contributed by atoms with E-state index >= 15 is 0 Å². The number of hydrogen-bond acceptors (Lipinski definition) is 4. The highest BCUT2D eigenvalue weighted by Crippen LogP contribution is 2.24. The molecule has 1 unspecified atom stereocenters. The van der Waals surface area contributed by atoms with Gasteiger partial charge in [0.2, 0.25) is 0 Å². The molecule has 0 bridgehead atoms. The molecule has 1 aromatic carbocycles. The SMILES string of the molecule is CC(O)(CO)CNCc1ccccc1N1CCCC1. The molecule has 4 heteroatoms. The lowest BCUT2D eigenvalue weighted by Gasteiger charge is -2.24. The minimum absolute atomic E-state index is 0.228. The first kappa shape index (κ1) is 14.3. The van der Waals surface area contributed by atoms with Crippen LogP contribution in [0.1, 0.15) is 25.3 Å². The van der Waals surface area contributed by atoms with Crippen molar-refractivity contribution in [2.75, 3.05) is 31.1 Å². The van der Waals surface area contributed by atoms with Crippen LogP contribution in [0, 0.1) is 0 Å². The van der Waals surface area contributed by atoms with E-state index in [4.69, 9.17) is 5.11 Å². The Morgan fingerprint density at radius 2 is 1.95 bits per heavy atom. The van der Waals surface area contributed by atoms with Crippen LogP contribution in [0.2, 0.25) is 0 Å². The Morgan fingerprint density at radius 3 is 2.63 bits per heavy atom. The number of aliphatic hydroxyl groups is 2. The van der Waals surface area contributed by atoms with Gasteiger partial charge in [0.1, 0.15) is 0 Å². The Balaban J connectivity index is 1.96. The van der Waals surface area contributed by atoms with Gasteiger partial charge in [-0.1, -0.05) is 18.2 Å². The molecule has 1 atom stereocenters. The third-order valence-corrected chi connectivity index (χ3v) is 3.60. The summed E-state index contributed by atoms with van der Waals surface area (Å²) >= 11 is 0. The topological polar surface area (TPSA) is 55.7 Å². The average Bonchev–Trinajstić information content (AvgIpc) is 2.93. The van der Waals surface area contributed by atoms with Gasteiger partial charge in [-0.15, -0.1) is 0 Å². The van der Waals surface area contributed by atoms with E-state index in [-0.39, 0.29) is 6.61 Å². The summed E-state index contributed by atoms with van der Waals surface area (Å²) in [6.45, 7) is 4.76. The summed E-state index contributed by atoms with van der Waals surface area (Å²) in [4.78, 5) is 2.42. The van der Waals surface area contributed by atoms with E-state index in [0.29, 0.717) is 13.1 Å². The molecule has 106 valence electrons. The van der Waals surface area contributed by atoms with Gasteiger partial charge in [0.15, 0.2) is 0 Å². The highest BCUT2D eigenvalue weighted by atomic mass is 16.3. The van der Waals surface area contributed by atoms with E-state index in [1.165, 1.54) is 24.1 Å². The van der Waals surface area contributed by atoms with Gasteiger partial charge in [0.25, 0.3) is 0 Å². The molecule has 1 fully saturated rings. The van der Waals surface area contributed by atoms with E-state index in [0.717, 1.165) is 13.1 Å². The largest absolute Gasteiger partial charge is 0.393 e. The number of nitrogens with one attached hydrogen (secondary N) is 1. The fourth-order valence-corrected chi connectivity index (χ4v) is 2.45. The summed E-state index contributed by atoms with van der Waals surface area (Å²) in [6.07, 6.45) is 2.53. The Hall–Kier alpha value is -1.10. The molecule has 1 heterocycles. The molecule has 0 amide bonds. The highest BCUT2D eigenvalue weighted by Gasteiger charge is 2.19. The lowest BCUT2D eigenvalue weighted by molar-refractivity contribution is 0.00254. The number of rotatable bonds is 6. The molecule has 0 saturated carbocycles. The van der Waals surface area contributed by atoms with Crippen LogP contribution < -0.4 is 10.2 Å². The van der Waals surface area contributed by atoms with Crippen LogP contribution >= 0.6 is 0 Å². The predicted molar refractivity (Wildman–Crippen MR) is 77.3 cm³/mol. The number of hydrogen-bond donors (Lipinski definition) is 3. The van der Waals surface area contributed by atoms with E-state index in [2.05, 4.69) is 28.4 Å². The van der Waals surface area contributed by atoms with Crippen LogP contribution in [-0.2, 0) is 6.54 Å². The van der Waals surface area contributed by atoms with Gasteiger partial charge in [0.05, 0.1) is 12.2 Å². The van der Waals surface area contributed by atoms with E-state index < -0.39 is 5.60 Å². The molecule has 0 aromatic heterocycles. The summed E-state index contributed by atoms with van der Waals surface area (Å²) < 4.78 is 0. The van der Waals surface area contributed by atoms with Crippen LogP contribution in [0.15, 0.2) is 24.3 Å². The Morgan fingerprint density at radius 1 is 1.26 bits per heavy atom. The number of para-hydroxylation sites is 1. The summed E-state index contributed by atoms with van der Waals surface area (Å²) in [5.74, 6) is 0. The molecule has 19 heavy (non-hydrogen) atoms. The molecule has 2 rings (SSSR count). The van der Waals surface area contributed by atoms with E-state index in [9.17, 15) is 5.11 Å². The molecule has 0 aliphatic carbocycles. The normalized spacial score (nSPS) is 18.6. The van der Waals surface area contributed by atoms with Crippen molar-refractivity contribution in [2.45, 2.75) is 31.9 Å². The first-order chi connectivity index (χ1) is 9.12. The van der Waals surface area contributed by atoms with Gasteiger partial charge in [-0.2, -0.15) is 0 Å². The Bertz CT molecular complexity index is 401. The lowest BCUT2D eigenvalue weighted by atomic mass is 10.1. The third kappa shape index (κ3) is 3.93. The second-order valence-electron chi connectivity index (χ2n) is 5.58. The fourth-order valence-electron chi connectivity index (χ4n) is 2.45. The maximum Gasteiger partial charge on any atom is 0.0972 e. The zero-order valence-electron chi connectivity index (χ0n) is 11.6. The van der Waals surface area contributed by atoms with Crippen molar-refractivity contribution in [3.8, 4) is 0 Å².